The van der Waals surface area contributed by atoms with E-state index >= 15 is 0 Å². The van der Waals surface area contributed by atoms with Gasteiger partial charge in [-0.3, -0.25) is 4.99 Å². The third-order valence-corrected chi connectivity index (χ3v) is 1.77. The van der Waals surface area contributed by atoms with Gasteiger partial charge in [-0.2, -0.15) is 0 Å². The number of aliphatic hydroxyl groups is 1. The summed E-state index contributed by atoms with van der Waals surface area (Å²) in [6.45, 7) is 7.17. The highest BCUT2D eigenvalue weighted by Gasteiger charge is 2.07. The highest BCUT2D eigenvalue weighted by Crippen LogP contribution is 2.00. The number of nitrogens with one attached hydrogen (secondary N) is 1. The predicted octanol–water partition coefficient (Wildman–Crippen LogP) is 0.318. The Morgan fingerprint density at radius 2 is 2.15 bits per heavy atom. The number of guanidine groups is 1. The molecule has 0 fully saturated rings. The summed E-state index contributed by atoms with van der Waals surface area (Å²) in [5.74, 6) is 0.643. The summed E-state index contributed by atoms with van der Waals surface area (Å²) in [5, 5.41) is 12.4. The van der Waals surface area contributed by atoms with E-state index in [-0.39, 0.29) is 5.92 Å². The Morgan fingerprint density at radius 3 is 2.62 bits per heavy atom. The Bertz CT molecular complexity index is 157. The SMILES string of the molecule is CCCNC(N)=NCC(O)C(C)C. The minimum absolute atomic E-state index is 0.225. The van der Waals surface area contributed by atoms with E-state index in [9.17, 15) is 5.11 Å². The second-order valence-corrected chi connectivity index (χ2v) is 3.46. The van der Waals surface area contributed by atoms with Crippen molar-refractivity contribution in [3.8, 4) is 0 Å². The smallest absolute Gasteiger partial charge is 0.188 e. The zero-order chi connectivity index (χ0) is 10.3. The van der Waals surface area contributed by atoms with Crippen molar-refractivity contribution in [3.05, 3.63) is 0 Å². The number of hydrogen-bond donors (Lipinski definition) is 3. The summed E-state index contributed by atoms with van der Waals surface area (Å²) in [5.41, 5.74) is 5.54. The lowest BCUT2D eigenvalue weighted by atomic mass is 10.1. The monoisotopic (exact) mass is 187 g/mol. The zero-order valence-corrected chi connectivity index (χ0v) is 8.75. The topological polar surface area (TPSA) is 70.6 Å². The molecular formula is C9H21N3O. The van der Waals surface area contributed by atoms with Gasteiger partial charge in [0.25, 0.3) is 0 Å². The third-order valence-electron chi connectivity index (χ3n) is 1.77. The quantitative estimate of drug-likeness (QED) is 0.429. The van der Waals surface area contributed by atoms with Gasteiger partial charge in [0.15, 0.2) is 5.96 Å². The van der Waals surface area contributed by atoms with Gasteiger partial charge in [0.05, 0.1) is 12.6 Å². The number of aliphatic imine (C=N–C) groups is 1. The maximum Gasteiger partial charge on any atom is 0.188 e. The van der Waals surface area contributed by atoms with E-state index in [1.54, 1.807) is 0 Å². The molecule has 4 nitrogen and oxygen atoms in total. The van der Waals surface area contributed by atoms with Crippen LogP contribution in [0, 0.1) is 5.92 Å². The molecule has 4 heteroatoms. The molecule has 0 aliphatic heterocycles. The summed E-state index contributed by atoms with van der Waals surface area (Å²) < 4.78 is 0. The Morgan fingerprint density at radius 1 is 1.54 bits per heavy atom. The number of rotatable bonds is 5. The van der Waals surface area contributed by atoms with Crippen molar-refractivity contribution in [1.82, 2.24) is 5.32 Å². The van der Waals surface area contributed by atoms with Gasteiger partial charge < -0.3 is 16.2 Å². The molecule has 0 aliphatic carbocycles. The number of nitrogens with zero attached hydrogens (tertiary/aromatic N) is 1. The standard InChI is InChI=1S/C9H21N3O/c1-4-5-11-9(10)12-6-8(13)7(2)3/h7-8,13H,4-6H2,1-3H3,(H3,10,11,12). The molecule has 0 radical (unpaired) electrons. The largest absolute Gasteiger partial charge is 0.391 e. The normalized spacial score (nSPS) is 14.7. The van der Waals surface area contributed by atoms with Gasteiger partial charge in [-0.1, -0.05) is 20.8 Å². The highest BCUT2D eigenvalue weighted by molar-refractivity contribution is 5.77. The van der Waals surface area contributed by atoms with Crippen molar-refractivity contribution in [1.29, 1.82) is 0 Å². The lowest BCUT2D eigenvalue weighted by molar-refractivity contribution is 0.134. The van der Waals surface area contributed by atoms with Gasteiger partial charge in [0, 0.05) is 6.54 Å². The molecule has 0 saturated carbocycles. The van der Waals surface area contributed by atoms with E-state index in [0.29, 0.717) is 12.5 Å². The predicted molar refractivity (Wildman–Crippen MR) is 55.6 cm³/mol. The average molecular weight is 187 g/mol. The van der Waals surface area contributed by atoms with Gasteiger partial charge in [-0.05, 0) is 12.3 Å². The molecule has 0 aromatic carbocycles. The number of hydrogen-bond acceptors (Lipinski definition) is 2. The van der Waals surface area contributed by atoms with Crippen molar-refractivity contribution in [3.63, 3.8) is 0 Å². The Hall–Kier alpha value is -0.770. The molecular weight excluding hydrogens is 166 g/mol. The lowest BCUT2D eigenvalue weighted by Gasteiger charge is -2.11. The molecule has 78 valence electrons. The van der Waals surface area contributed by atoms with Crippen LogP contribution in [0.25, 0.3) is 0 Å². The van der Waals surface area contributed by atoms with Crippen LogP contribution >= 0.6 is 0 Å². The van der Waals surface area contributed by atoms with Crippen LogP contribution in [0.5, 0.6) is 0 Å². The van der Waals surface area contributed by atoms with E-state index in [2.05, 4.69) is 17.2 Å². The summed E-state index contributed by atoms with van der Waals surface area (Å²) in [6.07, 6.45) is 0.616. The first-order chi connectivity index (χ1) is 6.07. The second kappa shape index (κ2) is 6.71. The fraction of sp³-hybridized carbons (Fsp3) is 0.889. The van der Waals surface area contributed by atoms with Crippen LogP contribution < -0.4 is 11.1 Å². The molecule has 0 rings (SSSR count). The molecule has 0 saturated heterocycles. The van der Waals surface area contributed by atoms with E-state index in [4.69, 9.17) is 5.73 Å². The molecule has 0 aromatic heterocycles. The summed E-state index contributed by atoms with van der Waals surface area (Å²) in [7, 11) is 0. The molecule has 0 spiro atoms. The highest BCUT2D eigenvalue weighted by atomic mass is 16.3. The van der Waals surface area contributed by atoms with Crippen LogP contribution in [0.1, 0.15) is 27.2 Å². The molecule has 0 aromatic rings. The summed E-state index contributed by atoms with van der Waals surface area (Å²) >= 11 is 0. The molecule has 0 aliphatic rings. The van der Waals surface area contributed by atoms with Crippen LogP contribution in [-0.2, 0) is 0 Å². The maximum absolute atomic E-state index is 9.41. The van der Waals surface area contributed by atoms with Crippen LogP contribution in [-0.4, -0.2) is 30.3 Å². The van der Waals surface area contributed by atoms with E-state index < -0.39 is 6.10 Å². The average Bonchev–Trinajstić information content (AvgIpc) is 2.10. The van der Waals surface area contributed by atoms with E-state index in [0.717, 1.165) is 13.0 Å². The van der Waals surface area contributed by atoms with Crippen LogP contribution in [0.2, 0.25) is 0 Å². The fourth-order valence-electron chi connectivity index (χ4n) is 0.712. The molecule has 13 heavy (non-hydrogen) atoms. The first-order valence-electron chi connectivity index (χ1n) is 4.79. The second-order valence-electron chi connectivity index (χ2n) is 3.46. The molecule has 1 atom stereocenters. The minimum atomic E-state index is -0.401. The molecule has 4 N–H and O–H groups in total. The molecule has 1 unspecified atom stereocenters. The van der Waals surface area contributed by atoms with Crippen molar-refractivity contribution < 1.29 is 5.11 Å². The van der Waals surface area contributed by atoms with Crippen molar-refractivity contribution in [2.75, 3.05) is 13.1 Å². The fourth-order valence-corrected chi connectivity index (χ4v) is 0.712. The van der Waals surface area contributed by atoms with Crippen LogP contribution in [0.3, 0.4) is 0 Å². The van der Waals surface area contributed by atoms with Gasteiger partial charge >= 0.3 is 0 Å². The van der Waals surface area contributed by atoms with Gasteiger partial charge in [0.2, 0.25) is 0 Å². The minimum Gasteiger partial charge on any atom is -0.391 e. The first kappa shape index (κ1) is 12.2. The van der Waals surface area contributed by atoms with Crippen LogP contribution in [0.4, 0.5) is 0 Å². The third kappa shape index (κ3) is 6.40. The Labute approximate surface area is 80.2 Å². The molecule has 0 heterocycles. The number of nitrogens with two attached hydrogens (primary N) is 1. The Kier molecular flexibility index (Phi) is 6.32. The van der Waals surface area contributed by atoms with Gasteiger partial charge in [0.1, 0.15) is 0 Å². The Balaban J connectivity index is 3.69. The number of aliphatic hydroxyl groups excluding tert-OH is 1. The van der Waals surface area contributed by atoms with Crippen molar-refractivity contribution >= 4 is 5.96 Å². The first-order valence-corrected chi connectivity index (χ1v) is 4.79. The van der Waals surface area contributed by atoms with Crippen molar-refractivity contribution in [2.45, 2.75) is 33.3 Å². The van der Waals surface area contributed by atoms with Crippen molar-refractivity contribution in [2.24, 2.45) is 16.6 Å². The lowest BCUT2D eigenvalue weighted by Crippen LogP contribution is -2.33. The molecule has 0 bridgehead atoms. The van der Waals surface area contributed by atoms with E-state index in [1.165, 1.54) is 0 Å². The van der Waals surface area contributed by atoms with Crippen LogP contribution in [0.15, 0.2) is 4.99 Å². The molecule has 0 amide bonds. The maximum atomic E-state index is 9.41. The van der Waals surface area contributed by atoms with Gasteiger partial charge in [-0.15, -0.1) is 0 Å². The van der Waals surface area contributed by atoms with Gasteiger partial charge in [-0.25, -0.2) is 0 Å². The zero-order valence-electron chi connectivity index (χ0n) is 8.75. The summed E-state index contributed by atoms with van der Waals surface area (Å²) in [4.78, 5) is 4.02. The summed E-state index contributed by atoms with van der Waals surface area (Å²) in [6, 6.07) is 0. The van der Waals surface area contributed by atoms with E-state index in [1.807, 2.05) is 13.8 Å².